The molecular formula is C19H17FN4O. The fourth-order valence-corrected chi connectivity index (χ4v) is 3.07. The first-order valence-corrected chi connectivity index (χ1v) is 8.24. The molecule has 1 fully saturated rings. The van der Waals surface area contributed by atoms with Gasteiger partial charge in [-0.3, -0.25) is 4.79 Å². The third-order valence-corrected chi connectivity index (χ3v) is 4.38. The average molecular weight is 336 g/mol. The lowest BCUT2D eigenvalue weighted by atomic mass is 10.2. The number of aromatic nitrogens is 2. The summed E-state index contributed by atoms with van der Waals surface area (Å²) in [6, 6.07) is 12.4. The number of nitrogens with one attached hydrogen (secondary N) is 1. The van der Waals surface area contributed by atoms with E-state index in [9.17, 15) is 9.18 Å². The van der Waals surface area contributed by atoms with Crippen molar-refractivity contribution < 1.29 is 9.18 Å². The van der Waals surface area contributed by atoms with Crippen LogP contribution in [0, 0.1) is 5.82 Å². The highest BCUT2D eigenvalue weighted by Crippen LogP contribution is 2.23. The summed E-state index contributed by atoms with van der Waals surface area (Å²) < 4.78 is 13.3. The summed E-state index contributed by atoms with van der Waals surface area (Å²) in [7, 11) is 0. The van der Waals surface area contributed by atoms with Crippen molar-refractivity contribution in [2.45, 2.75) is 19.4 Å². The van der Waals surface area contributed by atoms with Gasteiger partial charge in [0.25, 0.3) is 0 Å². The third-order valence-electron chi connectivity index (χ3n) is 4.38. The number of carbonyl (C=O) groups is 1. The minimum atomic E-state index is -0.316. The molecule has 0 bridgehead atoms. The van der Waals surface area contributed by atoms with E-state index < -0.39 is 0 Å². The first kappa shape index (κ1) is 15.5. The Bertz CT molecular complexity index is 926. The Morgan fingerprint density at radius 1 is 1.12 bits per heavy atom. The van der Waals surface area contributed by atoms with Crippen LogP contribution in [0.3, 0.4) is 0 Å². The van der Waals surface area contributed by atoms with Gasteiger partial charge in [-0.2, -0.15) is 0 Å². The molecule has 2 aromatic carbocycles. The van der Waals surface area contributed by atoms with E-state index in [-0.39, 0.29) is 11.7 Å². The van der Waals surface area contributed by atoms with Gasteiger partial charge in [-0.1, -0.05) is 12.1 Å². The Hall–Kier alpha value is -3.02. The number of benzene rings is 2. The van der Waals surface area contributed by atoms with E-state index in [0.717, 1.165) is 29.6 Å². The van der Waals surface area contributed by atoms with Gasteiger partial charge in [0.15, 0.2) is 0 Å². The maximum absolute atomic E-state index is 13.3. The Labute approximate surface area is 144 Å². The second-order valence-corrected chi connectivity index (χ2v) is 6.05. The van der Waals surface area contributed by atoms with Crippen LogP contribution >= 0.6 is 0 Å². The summed E-state index contributed by atoms with van der Waals surface area (Å²) in [4.78, 5) is 22.0. The van der Waals surface area contributed by atoms with Crippen LogP contribution in [0.5, 0.6) is 0 Å². The first-order chi connectivity index (χ1) is 12.2. The SMILES string of the molecule is O=C1CCCN1c1ccc(CNc2ncnc3cc(F)ccc23)cc1. The van der Waals surface area contributed by atoms with Crippen molar-refractivity contribution in [3.8, 4) is 0 Å². The van der Waals surface area contributed by atoms with Crippen LogP contribution in [0.25, 0.3) is 10.9 Å². The van der Waals surface area contributed by atoms with Gasteiger partial charge in [-0.25, -0.2) is 14.4 Å². The Balaban J connectivity index is 1.49. The van der Waals surface area contributed by atoms with Gasteiger partial charge < -0.3 is 10.2 Å². The Morgan fingerprint density at radius 3 is 2.72 bits per heavy atom. The summed E-state index contributed by atoms with van der Waals surface area (Å²) in [5.74, 6) is 0.540. The van der Waals surface area contributed by atoms with Crippen molar-refractivity contribution in [1.82, 2.24) is 9.97 Å². The molecule has 0 spiro atoms. The molecular weight excluding hydrogens is 319 g/mol. The second kappa shape index (κ2) is 6.47. The van der Waals surface area contributed by atoms with E-state index in [1.165, 1.54) is 18.5 Å². The average Bonchev–Trinajstić information content (AvgIpc) is 3.06. The van der Waals surface area contributed by atoms with Crippen LogP contribution in [0.1, 0.15) is 18.4 Å². The fourth-order valence-electron chi connectivity index (χ4n) is 3.07. The predicted molar refractivity (Wildman–Crippen MR) is 94.9 cm³/mol. The predicted octanol–water partition coefficient (Wildman–Crippen LogP) is 3.51. The molecule has 1 aliphatic heterocycles. The van der Waals surface area contributed by atoms with Gasteiger partial charge in [-0.05, 0) is 36.2 Å². The van der Waals surface area contributed by atoms with Crippen LogP contribution in [-0.2, 0) is 11.3 Å². The molecule has 1 aromatic heterocycles. The van der Waals surface area contributed by atoms with Crippen LogP contribution in [0.15, 0.2) is 48.8 Å². The van der Waals surface area contributed by atoms with E-state index in [1.807, 2.05) is 29.2 Å². The molecule has 1 N–H and O–H groups in total. The van der Waals surface area contributed by atoms with E-state index in [4.69, 9.17) is 0 Å². The van der Waals surface area contributed by atoms with Crippen molar-refractivity contribution in [3.63, 3.8) is 0 Å². The topological polar surface area (TPSA) is 58.1 Å². The third kappa shape index (κ3) is 3.15. The lowest BCUT2D eigenvalue weighted by Crippen LogP contribution is -2.23. The van der Waals surface area contributed by atoms with Crippen molar-refractivity contribution >= 4 is 28.3 Å². The number of nitrogens with zero attached hydrogens (tertiary/aromatic N) is 3. The number of halogens is 1. The van der Waals surface area contributed by atoms with E-state index in [1.54, 1.807) is 6.07 Å². The zero-order chi connectivity index (χ0) is 17.2. The number of rotatable bonds is 4. The van der Waals surface area contributed by atoms with E-state index in [0.29, 0.717) is 24.3 Å². The summed E-state index contributed by atoms with van der Waals surface area (Å²) >= 11 is 0. The highest BCUT2D eigenvalue weighted by molar-refractivity contribution is 5.95. The molecule has 0 aliphatic carbocycles. The number of amides is 1. The zero-order valence-electron chi connectivity index (χ0n) is 13.6. The van der Waals surface area contributed by atoms with Crippen LogP contribution in [0.4, 0.5) is 15.9 Å². The largest absolute Gasteiger partial charge is 0.365 e. The number of carbonyl (C=O) groups excluding carboxylic acids is 1. The van der Waals surface area contributed by atoms with Gasteiger partial charge in [0.1, 0.15) is 18.0 Å². The molecule has 3 aromatic rings. The lowest BCUT2D eigenvalue weighted by molar-refractivity contribution is -0.117. The Morgan fingerprint density at radius 2 is 1.96 bits per heavy atom. The Kier molecular flexibility index (Phi) is 4.01. The lowest BCUT2D eigenvalue weighted by Gasteiger charge is -2.16. The number of hydrogen-bond acceptors (Lipinski definition) is 4. The number of hydrogen-bond donors (Lipinski definition) is 1. The monoisotopic (exact) mass is 336 g/mol. The fraction of sp³-hybridized carbons (Fsp3) is 0.211. The number of fused-ring (bicyclic) bond motifs is 1. The van der Waals surface area contributed by atoms with Crippen molar-refractivity contribution in [2.75, 3.05) is 16.8 Å². The second-order valence-electron chi connectivity index (χ2n) is 6.05. The van der Waals surface area contributed by atoms with Crippen LogP contribution in [0.2, 0.25) is 0 Å². The van der Waals surface area contributed by atoms with Crippen LogP contribution < -0.4 is 10.2 Å². The van der Waals surface area contributed by atoms with E-state index >= 15 is 0 Å². The quantitative estimate of drug-likeness (QED) is 0.792. The molecule has 0 unspecified atom stereocenters. The van der Waals surface area contributed by atoms with Gasteiger partial charge >= 0.3 is 0 Å². The van der Waals surface area contributed by atoms with Gasteiger partial charge in [-0.15, -0.1) is 0 Å². The van der Waals surface area contributed by atoms with Crippen LogP contribution in [-0.4, -0.2) is 22.4 Å². The summed E-state index contributed by atoms with van der Waals surface area (Å²) in [5, 5.41) is 4.05. The van der Waals surface area contributed by atoms with Crippen molar-refractivity contribution in [1.29, 1.82) is 0 Å². The molecule has 5 nitrogen and oxygen atoms in total. The minimum absolute atomic E-state index is 0.186. The highest BCUT2D eigenvalue weighted by Gasteiger charge is 2.21. The summed E-state index contributed by atoms with van der Waals surface area (Å²) in [5.41, 5.74) is 2.58. The maximum Gasteiger partial charge on any atom is 0.227 e. The van der Waals surface area contributed by atoms with Crippen molar-refractivity contribution in [3.05, 3.63) is 60.2 Å². The van der Waals surface area contributed by atoms with Gasteiger partial charge in [0.2, 0.25) is 5.91 Å². The van der Waals surface area contributed by atoms with Gasteiger partial charge in [0.05, 0.1) is 5.52 Å². The highest BCUT2D eigenvalue weighted by atomic mass is 19.1. The molecule has 2 heterocycles. The number of anilines is 2. The minimum Gasteiger partial charge on any atom is -0.365 e. The molecule has 0 saturated carbocycles. The molecule has 0 radical (unpaired) electrons. The standard InChI is InChI=1S/C19H17FN4O/c20-14-5-8-16-17(10-14)22-12-23-19(16)21-11-13-3-6-15(7-4-13)24-9-1-2-18(24)25/h3-8,10,12H,1-2,9,11H2,(H,21,22,23). The molecule has 0 atom stereocenters. The van der Waals surface area contributed by atoms with E-state index in [2.05, 4.69) is 15.3 Å². The van der Waals surface area contributed by atoms with Crippen molar-refractivity contribution in [2.24, 2.45) is 0 Å². The zero-order valence-corrected chi connectivity index (χ0v) is 13.6. The summed E-state index contributed by atoms with van der Waals surface area (Å²) in [6.07, 6.45) is 2.97. The smallest absolute Gasteiger partial charge is 0.227 e. The van der Waals surface area contributed by atoms with Gasteiger partial charge in [0, 0.05) is 36.7 Å². The normalized spacial score (nSPS) is 14.3. The molecule has 6 heteroatoms. The molecule has 126 valence electrons. The molecule has 1 saturated heterocycles. The molecule has 25 heavy (non-hydrogen) atoms. The first-order valence-electron chi connectivity index (χ1n) is 8.24. The maximum atomic E-state index is 13.3. The summed E-state index contributed by atoms with van der Waals surface area (Å²) in [6.45, 7) is 1.37. The molecule has 4 rings (SSSR count). The molecule has 1 aliphatic rings. The molecule has 1 amide bonds.